The lowest BCUT2D eigenvalue weighted by Crippen LogP contribution is -2.04. The first-order valence-corrected chi connectivity index (χ1v) is 31.5. The quantitative estimate of drug-likeness (QED) is 0.0310. The van der Waals surface area contributed by atoms with Crippen LogP contribution >= 0.6 is 0 Å². The second-order valence-corrected chi connectivity index (χ2v) is 23.2. The minimum atomic E-state index is 0.0762. The number of hydrogen-bond donors (Lipinski definition) is 6. The van der Waals surface area contributed by atoms with E-state index in [1.807, 2.05) is 191 Å². The molecule has 12 heterocycles. The Balaban J connectivity index is 0.613. The number of aromatic amines is 3. The molecule has 0 saturated carbocycles. The number of hydrogen-bond acceptors (Lipinski definition) is 20. The molecule has 0 spiro atoms. The second kappa shape index (κ2) is 26.9. The Morgan fingerprint density at radius 1 is 0.418 bits per heavy atom. The predicted octanol–water partition coefficient (Wildman–Crippen LogP) is 12.3. The van der Waals surface area contributed by atoms with Crippen molar-refractivity contribution in [3.63, 3.8) is 0 Å². The highest BCUT2D eigenvalue weighted by molar-refractivity contribution is 5.80. The van der Waals surface area contributed by atoms with E-state index in [1.54, 1.807) is 34.9 Å². The molecule has 0 saturated heterocycles. The second-order valence-electron chi connectivity index (χ2n) is 23.2. The van der Waals surface area contributed by atoms with Gasteiger partial charge in [-0.25, -0.2) is 43.5 Å². The average molecular weight is 1300 g/mol. The molecule has 15 aromatic rings. The lowest BCUT2D eigenvalue weighted by atomic mass is 10.1. The molecule has 0 unspecified atom stereocenters. The molecular weight excluding hydrogens is 1240 g/mol. The molecule has 0 aliphatic rings. The van der Waals surface area contributed by atoms with Crippen molar-refractivity contribution in [2.24, 2.45) is 0 Å². The van der Waals surface area contributed by atoms with Crippen LogP contribution in [0.15, 0.2) is 177 Å². The van der Waals surface area contributed by atoms with Gasteiger partial charge in [0, 0.05) is 106 Å². The van der Waals surface area contributed by atoms with Crippen LogP contribution in [0.5, 0.6) is 23.0 Å². The van der Waals surface area contributed by atoms with Gasteiger partial charge in [-0.1, -0.05) is 36.4 Å². The van der Waals surface area contributed by atoms with Gasteiger partial charge in [-0.15, -0.1) is 10.2 Å². The molecule has 6 N–H and O–H groups in total. The Labute approximate surface area is 560 Å². The highest BCUT2D eigenvalue weighted by Crippen LogP contribution is 2.36. The number of H-pyrrole nitrogens is 3. The Morgan fingerprint density at radius 3 is 1.49 bits per heavy atom. The predicted molar refractivity (Wildman–Crippen MR) is 369 cm³/mol. The minimum Gasteiger partial charge on any atom is -0.497 e. The zero-order valence-corrected chi connectivity index (χ0v) is 54.2. The number of ether oxygens (including phenoxy) is 5. The topological polar surface area (TPSA) is 298 Å². The van der Waals surface area contributed by atoms with Gasteiger partial charge >= 0.3 is 0 Å². The summed E-state index contributed by atoms with van der Waals surface area (Å²) in [6.07, 6.45) is 7.26. The minimum absolute atomic E-state index is 0.0762. The number of fused-ring (bicyclic) bond motifs is 3. The van der Waals surface area contributed by atoms with Gasteiger partial charge in [0.2, 0.25) is 0 Å². The number of benzene rings is 3. The molecule has 0 aliphatic carbocycles. The van der Waals surface area contributed by atoms with Gasteiger partial charge in [0.25, 0.3) is 0 Å². The van der Waals surface area contributed by atoms with Crippen LogP contribution in [0.1, 0.15) is 51.8 Å². The fourth-order valence-corrected chi connectivity index (χ4v) is 11.6. The Morgan fingerprint density at radius 2 is 0.939 bits per heavy atom. The molecule has 0 atom stereocenters. The van der Waals surface area contributed by atoms with Crippen molar-refractivity contribution in [1.82, 2.24) is 88.6 Å². The lowest BCUT2D eigenvalue weighted by molar-refractivity contribution is 0.185. The van der Waals surface area contributed by atoms with Gasteiger partial charge in [-0.3, -0.25) is 15.0 Å². The molecule has 0 bridgehead atoms. The molecule has 15 rings (SSSR count). The summed E-state index contributed by atoms with van der Waals surface area (Å²) in [5.41, 5.74) is 17.5. The van der Waals surface area contributed by atoms with E-state index in [-0.39, 0.29) is 13.2 Å². The summed E-state index contributed by atoms with van der Waals surface area (Å²) in [5, 5.41) is 24.5. The van der Waals surface area contributed by atoms with E-state index in [9.17, 15) is 0 Å². The van der Waals surface area contributed by atoms with Crippen molar-refractivity contribution in [1.29, 1.82) is 0 Å². The Bertz CT molecular complexity index is 5400. The molecule has 0 fully saturated rings. The molecule has 98 heavy (non-hydrogen) atoms. The van der Waals surface area contributed by atoms with Crippen molar-refractivity contribution in [2.45, 2.75) is 60.2 Å². The number of anilines is 3. The molecule has 0 radical (unpaired) electrons. The van der Waals surface area contributed by atoms with Gasteiger partial charge in [0.1, 0.15) is 48.5 Å². The monoisotopic (exact) mass is 1300 g/mol. The Kier molecular flexibility index (Phi) is 16.8. The number of nitrogens with one attached hydrogen (secondary N) is 6. The molecule has 26 heteroatoms. The van der Waals surface area contributed by atoms with E-state index in [4.69, 9.17) is 73.8 Å². The first-order chi connectivity index (χ1) is 48.0. The number of nitrogens with zero attached hydrogens (tertiary/aromatic N) is 15. The zero-order chi connectivity index (χ0) is 66.6. The maximum atomic E-state index is 6.38. The van der Waals surface area contributed by atoms with Crippen LogP contribution in [0.3, 0.4) is 0 Å². The van der Waals surface area contributed by atoms with Crippen molar-refractivity contribution < 1.29 is 23.7 Å². The first-order valence-electron chi connectivity index (χ1n) is 31.5. The van der Waals surface area contributed by atoms with Gasteiger partial charge in [0.15, 0.2) is 40.1 Å². The fraction of sp³-hybridized carbons (Fsp3) is 0.167. The van der Waals surface area contributed by atoms with Crippen LogP contribution in [0, 0.1) is 20.8 Å². The highest BCUT2D eigenvalue weighted by atomic mass is 16.5. The van der Waals surface area contributed by atoms with E-state index < -0.39 is 0 Å². The lowest BCUT2D eigenvalue weighted by Gasteiger charge is -2.12. The molecule has 26 nitrogen and oxygen atoms in total. The van der Waals surface area contributed by atoms with Crippen LogP contribution in [0.2, 0.25) is 0 Å². The van der Waals surface area contributed by atoms with Crippen molar-refractivity contribution in [2.75, 3.05) is 37.3 Å². The van der Waals surface area contributed by atoms with Gasteiger partial charge in [-0.05, 0) is 112 Å². The summed E-state index contributed by atoms with van der Waals surface area (Å²) in [4.78, 5) is 54.3. The van der Waals surface area contributed by atoms with Crippen LogP contribution < -0.4 is 34.9 Å². The van der Waals surface area contributed by atoms with Gasteiger partial charge in [0.05, 0.1) is 91.7 Å². The van der Waals surface area contributed by atoms with Crippen LogP contribution in [0.25, 0.3) is 84.9 Å². The number of imidazole rings is 3. The maximum absolute atomic E-state index is 6.38. The van der Waals surface area contributed by atoms with E-state index in [2.05, 4.69) is 41.0 Å². The van der Waals surface area contributed by atoms with E-state index in [0.29, 0.717) is 89.5 Å². The van der Waals surface area contributed by atoms with Crippen molar-refractivity contribution in [3.05, 3.63) is 228 Å². The molecule has 0 aliphatic heterocycles. The summed E-state index contributed by atoms with van der Waals surface area (Å²) in [5.74, 6) is 5.25. The number of para-hydroxylation sites is 1. The molecular formula is C72H65N21O5. The SMILES string of the molecule is COCc1ccccc1NCc1nc(-c2ccc3nc(COc4cc(NCc5nc(-c6ccc7nc(COc8ccc(NCc9nc(-c%10ccc%11ncnn%11c%10)c(-c%10cccc(C)n%10)[nH]9)cc8OC)nn7c6)c(-c6cccc(C)n6)[nH]5)cc(OC)c4)nn3c2)c(-c2cccc(C)n2)[nH]1. The van der Waals surface area contributed by atoms with E-state index >= 15 is 0 Å². The molecule has 0 amide bonds. The third-order valence-electron chi connectivity index (χ3n) is 16.2. The largest absolute Gasteiger partial charge is 0.497 e. The van der Waals surface area contributed by atoms with Crippen LogP contribution in [-0.2, 0) is 44.2 Å². The maximum Gasteiger partial charge on any atom is 0.189 e. The zero-order valence-electron chi connectivity index (χ0n) is 54.2. The summed E-state index contributed by atoms with van der Waals surface area (Å²) in [6.45, 7) is 7.69. The summed E-state index contributed by atoms with van der Waals surface area (Å²) < 4.78 is 34.9. The number of aromatic nitrogens is 18. The van der Waals surface area contributed by atoms with Crippen LogP contribution in [0.4, 0.5) is 17.1 Å². The normalized spacial score (nSPS) is 11.4. The molecule has 12 aromatic heterocycles. The number of methoxy groups -OCH3 is 3. The summed E-state index contributed by atoms with van der Waals surface area (Å²) in [6, 6.07) is 48.8. The summed E-state index contributed by atoms with van der Waals surface area (Å²) >= 11 is 0. The van der Waals surface area contributed by atoms with E-state index in [1.165, 1.54) is 6.33 Å². The van der Waals surface area contributed by atoms with Crippen molar-refractivity contribution in [3.8, 4) is 90.9 Å². The molecule has 488 valence electrons. The van der Waals surface area contributed by atoms with Gasteiger partial charge in [-0.2, -0.15) is 5.10 Å². The third-order valence-corrected chi connectivity index (χ3v) is 16.2. The average Bonchev–Trinajstić information content (AvgIpc) is 1.64. The fourth-order valence-electron chi connectivity index (χ4n) is 11.6. The number of aryl methyl sites for hydroxylation is 3. The third kappa shape index (κ3) is 13.2. The van der Waals surface area contributed by atoms with E-state index in [0.717, 1.165) is 113 Å². The first kappa shape index (κ1) is 61.3. The molecule has 3 aromatic carbocycles. The highest BCUT2D eigenvalue weighted by Gasteiger charge is 2.22. The number of pyridine rings is 6. The van der Waals surface area contributed by atoms with Crippen LogP contribution in [-0.4, -0.2) is 110 Å². The standard InChI is InChI=1S/C72H65N21O5/c1-42-12-9-17-54(78-42)70-67(45-20-25-64-76-41-77-91(64)35-45)83-59(86-70)32-73-49-23-24-57(58(30-49)96-6)98-40-63-82-66-27-22-46(37-93(66)90-63)68-71(55-18-10-13-43(2)79-55)87-60(84-68)33-74-50-28-51(95-5)31-52(29-50)97-39-62-81-65-26-21-47(36-92(65)89-62)69-72(56-19-11-14-44(3)80-56)88-61(85-69)34-75-53-16-8-7-15-48(53)38-94-4/h7-31,35-37,41,73-75H,32-34,38-40H2,1-6H3,(H,83,86)(H,84,87)(H,85,88). The number of rotatable bonds is 25. The summed E-state index contributed by atoms with van der Waals surface area (Å²) in [7, 11) is 4.91. The van der Waals surface area contributed by atoms with Crippen molar-refractivity contribution >= 4 is 34.0 Å². The smallest absolute Gasteiger partial charge is 0.189 e. The van der Waals surface area contributed by atoms with Gasteiger partial charge < -0.3 is 54.6 Å². The Hall–Kier alpha value is -12.8.